The fraction of sp³-hybridized carbons (Fsp3) is 0.333. The van der Waals surface area contributed by atoms with Crippen molar-refractivity contribution >= 4 is 56.7 Å². The molecule has 0 fully saturated rings. The normalized spacial score (nSPS) is 17.0. The van der Waals surface area contributed by atoms with Gasteiger partial charge in [-0.25, -0.2) is 8.42 Å². The van der Waals surface area contributed by atoms with Crippen LogP contribution in [0.5, 0.6) is 0 Å². The highest BCUT2D eigenvalue weighted by atomic mass is 32.2. The van der Waals surface area contributed by atoms with E-state index in [4.69, 9.17) is 9.47 Å². The summed E-state index contributed by atoms with van der Waals surface area (Å²) >= 11 is 0. The quantitative estimate of drug-likeness (QED) is 0.246. The average Bonchev–Trinajstić information content (AvgIpc) is 3.40. The van der Waals surface area contributed by atoms with Crippen molar-refractivity contribution in [1.29, 1.82) is 0 Å². The molecule has 2 amide bonds. The Bertz CT molecular complexity index is 1650. The number of rotatable bonds is 12. The van der Waals surface area contributed by atoms with Crippen LogP contribution in [0.3, 0.4) is 0 Å². The number of benzene rings is 2. The molecule has 0 aliphatic heterocycles. The Morgan fingerprint density at radius 2 is 1.00 bits per heavy atom. The Morgan fingerprint density at radius 1 is 0.644 bits per heavy atom. The maximum absolute atomic E-state index is 13.5. The standard InChI is InChI=1S/C30H28N2O12S.2H2/c1-3-43-21(33)9-11-31-29(39)23-25(35)17-7-5-15(13-19(17)27(23)37)45(41,42)16-6-8-18-20(14-16)28(38)24(26(18)36)30(40)32-12-10-22(34)44-4-2;;/h5-8,13-14,23-24H,3-4,9-12H2,1-2H3,(H,31,39)(H,32,40);2*1H. The molecule has 0 spiro atoms. The largest absolute Gasteiger partial charge is 0.466 e. The van der Waals surface area contributed by atoms with Gasteiger partial charge >= 0.3 is 11.9 Å². The van der Waals surface area contributed by atoms with Crippen molar-refractivity contribution in [1.82, 2.24) is 10.6 Å². The molecule has 2 aliphatic carbocycles. The molecule has 0 heterocycles. The number of sulfone groups is 1. The molecular formula is C30H32N2O12S. The van der Waals surface area contributed by atoms with Crippen molar-refractivity contribution in [2.45, 2.75) is 36.5 Å². The van der Waals surface area contributed by atoms with E-state index in [1.165, 1.54) is 0 Å². The topological polar surface area (TPSA) is 213 Å². The highest BCUT2D eigenvalue weighted by Crippen LogP contribution is 2.34. The molecule has 2 unspecified atom stereocenters. The predicted octanol–water partition coefficient (Wildman–Crippen LogP) is 1.14. The third kappa shape index (κ3) is 6.43. The van der Waals surface area contributed by atoms with E-state index >= 15 is 0 Å². The summed E-state index contributed by atoms with van der Waals surface area (Å²) in [6, 6.07) is 6.26. The molecule has 2 atom stereocenters. The first-order chi connectivity index (χ1) is 21.3. The second kappa shape index (κ2) is 13.3. The lowest BCUT2D eigenvalue weighted by Crippen LogP contribution is -2.37. The zero-order chi connectivity index (χ0) is 33.1. The molecule has 2 aromatic carbocycles. The van der Waals surface area contributed by atoms with E-state index in [1.54, 1.807) is 13.8 Å². The summed E-state index contributed by atoms with van der Waals surface area (Å²) < 4.78 is 36.5. The lowest BCUT2D eigenvalue weighted by atomic mass is 10.0. The number of fused-ring (bicyclic) bond motifs is 2. The Morgan fingerprint density at radius 3 is 1.36 bits per heavy atom. The minimum Gasteiger partial charge on any atom is -0.466 e. The molecule has 45 heavy (non-hydrogen) atoms. The number of nitrogens with one attached hydrogen (secondary N) is 2. The number of carbonyl (C=O) groups is 8. The number of amides is 2. The summed E-state index contributed by atoms with van der Waals surface area (Å²) in [7, 11) is -4.43. The zero-order valence-corrected chi connectivity index (χ0v) is 25.0. The van der Waals surface area contributed by atoms with E-state index < -0.39 is 78.3 Å². The van der Waals surface area contributed by atoms with E-state index in [2.05, 4.69) is 10.6 Å². The number of hydrogen-bond acceptors (Lipinski definition) is 12. The first-order valence-electron chi connectivity index (χ1n) is 13.9. The minimum atomic E-state index is -4.43. The Hall–Kier alpha value is -5.05. The van der Waals surface area contributed by atoms with Gasteiger partial charge in [-0.2, -0.15) is 0 Å². The van der Waals surface area contributed by atoms with Crippen molar-refractivity contribution in [2.75, 3.05) is 26.3 Å². The van der Waals surface area contributed by atoms with Crippen LogP contribution in [0.2, 0.25) is 0 Å². The van der Waals surface area contributed by atoms with Crippen molar-refractivity contribution in [2.24, 2.45) is 11.8 Å². The van der Waals surface area contributed by atoms with E-state index in [0.717, 1.165) is 36.4 Å². The molecule has 2 aromatic rings. The second-order valence-electron chi connectivity index (χ2n) is 9.93. The van der Waals surface area contributed by atoms with Gasteiger partial charge in [0, 0.05) is 38.2 Å². The van der Waals surface area contributed by atoms with Crippen LogP contribution in [0.15, 0.2) is 46.2 Å². The van der Waals surface area contributed by atoms with Gasteiger partial charge in [0.15, 0.2) is 35.0 Å². The molecule has 0 aromatic heterocycles. The van der Waals surface area contributed by atoms with Crippen LogP contribution in [0.1, 0.15) is 71.0 Å². The minimum absolute atomic E-state index is 0. The Balaban J connectivity index is 0.00000384. The van der Waals surface area contributed by atoms with Crippen molar-refractivity contribution in [3.63, 3.8) is 0 Å². The number of Topliss-reactive ketones (excluding diaryl/α,β-unsaturated/α-hetero) is 4. The highest BCUT2D eigenvalue weighted by molar-refractivity contribution is 7.91. The summed E-state index contributed by atoms with van der Waals surface area (Å²) in [5.41, 5.74) is -0.899. The summed E-state index contributed by atoms with van der Waals surface area (Å²) in [5, 5.41) is 4.67. The molecule has 0 saturated heterocycles. The van der Waals surface area contributed by atoms with Gasteiger partial charge in [0.1, 0.15) is 0 Å². The summed E-state index contributed by atoms with van der Waals surface area (Å²) in [6.07, 6.45) is -0.362. The van der Waals surface area contributed by atoms with Crippen LogP contribution < -0.4 is 10.6 Å². The van der Waals surface area contributed by atoms with E-state index in [-0.39, 0.29) is 64.3 Å². The molecule has 0 saturated carbocycles. The molecule has 4 rings (SSSR count). The first kappa shape index (κ1) is 32.9. The molecule has 2 aliphatic rings. The van der Waals surface area contributed by atoms with Gasteiger partial charge in [0.05, 0.1) is 35.8 Å². The smallest absolute Gasteiger partial charge is 0.307 e. The zero-order valence-electron chi connectivity index (χ0n) is 24.2. The van der Waals surface area contributed by atoms with Crippen LogP contribution in [0.4, 0.5) is 0 Å². The highest BCUT2D eigenvalue weighted by Gasteiger charge is 2.45. The van der Waals surface area contributed by atoms with Crippen LogP contribution in [0.25, 0.3) is 0 Å². The van der Waals surface area contributed by atoms with Crippen molar-refractivity contribution in [3.8, 4) is 0 Å². The van der Waals surface area contributed by atoms with Crippen LogP contribution in [-0.2, 0) is 38.5 Å². The Labute approximate surface area is 259 Å². The molecule has 15 heteroatoms. The number of esters is 2. The monoisotopic (exact) mass is 644 g/mol. The van der Waals surface area contributed by atoms with E-state index in [1.807, 2.05) is 0 Å². The van der Waals surface area contributed by atoms with Gasteiger partial charge in [0.2, 0.25) is 21.7 Å². The van der Waals surface area contributed by atoms with Gasteiger partial charge < -0.3 is 20.1 Å². The Kier molecular flexibility index (Phi) is 9.71. The number of ketones is 4. The molecular weight excluding hydrogens is 612 g/mol. The first-order valence-corrected chi connectivity index (χ1v) is 15.4. The maximum Gasteiger partial charge on any atom is 0.307 e. The van der Waals surface area contributed by atoms with Gasteiger partial charge in [-0.1, -0.05) is 0 Å². The lowest BCUT2D eigenvalue weighted by Gasteiger charge is -2.08. The fourth-order valence-electron chi connectivity index (χ4n) is 4.94. The van der Waals surface area contributed by atoms with Gasteiger partial charge in [-0.05, 0) is 50.2 Å². The third-order valence-electron chi connectivity index (χ3n) is 7.10. The molecule has 0 bridgehead atoms. The maximum atomic E-state index is 13.5. The average molecular weight is 645 g/mol. The van der Waals surface area contributed by atoms with Gasteiger partial charge in [0.25, 0.3) is 0 Å². The van der Waals surface area contributed by atoms with Crippen LogP contribution >= 0.6 is 0 Å². The van der Waals surface area contributed by atoms with Gasteiger partial charge in [-0.3, -0.25) is 38.4 Å². The molecule has 0 radical (unpaired) electrons. The van der Waals surface area contributed by atoms with Crippen LogP contribution in [-0.4, -0.2) is 81.6 Å². The van der Waals surface area contributed by atoms with E-state index in [0.29, 0.717) is 0 Å². The summed E-state index contributed by atoms with van der Waals surface area (Å²) in [5.74, 6) is -10.1. The predicted molar refractivity (Wildman–Crippen MR) is 155 cm³/mol. The van der Waals surface area contributed by atoms with Gasteiger partial charge in [-0.15, -0.1) is 0 Å². The van der Waals surface area contributed by atoms with Crippen LogP contribution in [0, 0.1) is 11.8 Å². The summed E-state index contributed by atoms with van der Waals surface area (Å²) in [6.45, 7) is 3.14. The molecule has 240 valence electrons. The molecule has 2 N–H and O–H groups in total. The van der Waals surface area contributed by atoms with Crippen molar-refractivity contribution in [3.05, 3.63) is 58.7 Å². The fourth-order valence-corrected chi connectivity index (χ4v) is 6.25. The second-order valence-corrected chi connectivity index (χ2v) is 11.9. The molecule has 14 nitrogen and oxygen atoms in total. The number of carbonyl (C=O) groups excluding carboxylic acids is 8. The lowest BCUT2D eigenvalue weighted by molar-refractivity contribution is -0.144. The number of hydrogen-bond donors (Lipinski definition) is 2. The van der Waals surface area contributed by atoms with Crippen molar-refractivity contribution < 1.29 is 59.1 Å². The number of ether oxygens (including phenoxy) is 2. The summed E-state index contributed by atoms with van der Waals surface area (Å²) in [4.78, 5) is 99.1. The SMILES string of the molecule is CCOC(=O)CCNC(=O)C1C(=O)c2ccc(S(=O)(=O)c3ccc4c(c3)C(=O)C(C(=O)NCCC(=O)OCC)C4=O)cc2C1=O.[HH].[HH]. The van der Waals surface area contributed by atoms with E-state index in [9.17, 15) is 46.8 Å². The third-order valence-corrected chi connectivity index (χ3v) is 8.85.